The molecule has 0 aliphatic rings. The second kappa shape index (κ2) is 21.6. The highest BCUT2D eigenvalue weighted by Crippen LogP contribution is 2.47. The lowest BCUT2D eigenvalue weighted by atomic mass is 9.93. The van der Waals surface area contributed by atoms with Crippen LogP contribution in [0.2, 0.25) is 0 Å². The molecule has 0 aliphatic carbocycles. The molecule has 0 spiro atoms. The maximum absolute atomic E-state index is 6.51. The summed E-state index contributed by atoms with van der Waals surface area (Å²) in [6, 6.07) is 12.9. The molecule has 0 fully saturated rings. The van der Waals surface area contributed by atoms with Crippen LogP contribution in [0.4, 0.5) is 0 Å². The van der Waals surface area contributed by atoms with Gasteiger partial charge in [0.25, 0.3) is 0 Å². The van der Waals surface area contributed by atoms with Crippen molar-refractivity contribution < 1.29 is 28.4 Å². The molecule has 4 aromatic carbocycles. The molecule has 276 valence electrons. The van der Waals surface area contributed by atoms with Gasteiger partial charge in [-0.3, -0.25) is 0 Å². The summed E-state index contributed by atoms with van der Waals surface area (Å²) in [5.74, 6) is 4.56. The summed E-state index contributed by atoms with van der Waals surface area (Å²) < 4.78 is 37.7. The molecule has 0 amide bonds. The van der Waals surface area contributed by atoms with Gasteiger partial charge in [-0.05, 0) is 94.4 Å². The first-order valence-corrected chi connectivity index (χ1v) is 19.7. The van der Waals surface area contributed by atoms with Gasteiger partial charge in [-0.2, -0.15) is 0 Å². The number of hydrogen-bond acceptors (Lipinski definition) is 6. The Morgan fingerprint density at radius 1 is 0.300 bits per heavy atom. The summed E-state index contributed by atoms with van der Waals surface area (Å²) in [5.41, 5.74) is 0. The Kier molecular flexibility index (Phi) is 17.0. The van der Waals surface area contributed by atoms with Crippen molar-refractivity contribution in [1.82, 2.24) is 0 Å². The standard InChI is InChI=1S/C44H64O6/c1-7-11-15-19-23-47-41-29-35-33(27-39(41)45-5)37-31-43(49-25-21-17-13-9-3)44(50-26-22-18-14-10-4)32-38(37)34-28-40(46-6)42(30-36(34)35)48-24-20-16-12-8-2/h27-32H,7-26H2,1-6H3. The Bertz CT molecular complexity index is 1460. The monoisotopic (exact) mass is 688 g/mol. The number of benzene rings is 4. The molecule has 0 aliphatic heterocycles. The highest BCUT2D eigenvalue weighted by molar-refractivity contribution is 6.26. The van der Waals surface area contributed by atoms with E-state index < -0.39 is 0 Å². The number of unbranched alkanes of at least 4 members (excludes halogenated alkanes) is 12. The van der Waals surface area contributed by atoms with Gasteiger partial charge in [0.1, 0.15) is 0 Å². The van der Waals surface area contributed by atoms with Crippen LogP contribution in [-0.4, -0.2) is 40.6 Å². The van der Waals surface area contributed by atoms with Crippen molar-refractivity contribution in [2.24, 2.45) is 0 Å². The predicted octanol–water partition coefficient (Wildman–Crippen LogP) is 13.0. The number of methoxy groups -OCH3 is 2. The van der Waals surface area contributed by atoms with Crippen molar-refractivity contribution in [3.05, 3.63) is 36.4 Å². The molecule has 0 radical (unpaired) electrons. The minimum absolute atomic E-state index is 0.655. The van der Waals surface area contributed by atoms with Crippen LogP contribution >= 0.6 is 0 Å². The molecule has 4 rings (SSSR count). The Morgan fingerprint density at radius 2 is 0.520 bits per heavy atom. The Hall–Kier alpha value is -3.54. The zero-order valence-electron chi connectivity index (χ0n) is 32.1. The highest BCUT2D eigenvalue weighted by atomic mass is 16.5. The van der Waals surface area contributed by atoms with E-state index in [-0.39, 0.29) is 0 Å². The normalized spacial score (nSPS) is 11.4. The Balaban J connectivity index is 1.89. The van der Waals surface area contributed by atoms with Crippen molar-refractivity contribution in [2.45, 2.75) is 130 Å². The Morgan fingerprint density at radius 3 is 0.740 bits per heavy atom. The van der Waals surface area contributed by atoms with Crippen LogP contribution in [0.1, 0.15) is 130 Å². The zero-order valence-corrected chi connectivity index (χ0v) is 32.1. The minimum Gasteiger partial charge on any atom is -0.493 e. The molecule has 0 saturated carbocycles. The van der Waals surface area contributed by atoms with Crippen molar-refractivity contribution in [2.75, 3.05) is 40.6 Å². The van der Waals surface area contributed by atoms with Gasteiger partial charge in [0.15, 0.2) is 34.5 Å². The van der Waals surface area contributed by atoms with Crippen LogP contribution in [0.25, 0.3) is 32.3 Å². The van der Waals surface area contributed by atoms with Crippen molar-refractivity contribution in [3.8, 4) is 34.5 Å². The SMILES string of the molecule is CCCCCCOc1cc2c(cc1OC)c1cc(OCCCCCC)c(OCCCCCC)cc1c1cc(OC)c(OCCCCCC)cc12. The molecule has 6 heteroatoms. The largest absolute Gasteiger partial charge is 0.493 e. The number of hydrogen-bond donors (Lipinski definition) is 0. The van der Waals surface area contributed by atoms with E-state index in [9.17, 15) is 0 Å². The molecular weight excluding hydrogens is 624 g/mol. The van der Waals surface area contributed by atoms with Crippen LogP contribution in [-0.2, 0) is 0 Å². The molecule has 0 heterocycles. The van der Waals surface area contributed by atoms with Crippen LogP contribution in [0.5, 0.6) is 34.5 Å². The average Bonchev–Trinajstić information content (AvgIpc) is 3.14. The summed E-state index contributed by atoms with van der Waals surface area (Å²) in [7, 11) is 3.44. The molecular formula is C44H64O6. The topological polar surface area (TPSA) is 55.4 Å². The van der Waals surface area contributed by atoms with E-state index in [1.54, 1.807) is 14.2 Å². The first kappa shape index (κ1) is 39.2. The number of fused-ring (bicyclic) bond motifs is 6. The minimum atomic E-state index is 0.655. The van der Waals surface area contributed by atoms with Gasteiger partial charge in [-0.1, -0.05) is 105 Å². The molecule has 0 N–H and O–H groups in total. The summed E-state index contributed by atoms with van der Waals surface area (Å²) in [6.45, 7) is 11.6. The smallest absolute Gasteiger partial charge is 0.161 e. The molecule has 0 bridgehead atoms. The van der Waals surface area contributed by atoms with E-state index in [4.69, 9.17) is 28.4 Å². The van der Waals surface area contributed by atoms with E-state index in [2.05, 4.69) is 64.1 Å². The fourth-order valence-corrected chi connectivity index (χ4v) is 6.63. The number of rotatable bonds is 26. The van der Waals surface area contributed by atoms with E-state index >= 15 is 0 Å². The van der Waals surface area contributed by atoms with Crippen molar-refractivity contribution in [1.29, 1.82) is 0 Å². The van der Waals surface area contributed by atoms with Gasteiger partial charge in [0, 0.05) is 0 Å². The molecule has 0 unspecified atom stereocenters. The Labute approximate surface area is 302 Å². The van der Waals surface area contributed by atoms with E-state index in [0.29, 0.717) is 26.4 Å². The lowest BCUT2D eigenvalue weighted by molar-refractivity contribution is 0.259. The van der Waals surface area contributed by atoms with Gasteiger partial charge in [-0.25, -0.2) is 0 Å². The van der Waals surface area contributed by atoms with Crippen molar-refractivity contribution in [3.63, 3.8) is 0 Å². The third-order valence-corrected chi connectivity index (χ3v) is 9.58. The first-order chi connectivity index (χ1) is 24.6. The molecule has 0 saturated heterocycles. The summed E-state index contributed by atoms with van der Waals surface area (Å²) in [5, 5.41) is 6.48. The van der Waals surface area contributed by atoms with E-state index in [1.807, 2.05) is 0 Å². The summed E-state index contributed by atoms with van der Waals surface area (Å²) >= 11 is 0. The van der Waals surface area contributed by atoms with Gasteiger partial charge in [0.2, 0.25) is 0 Å². The van der Waals surface area contributed by atoms with Crippen LogP contribution in [0.3, 0.4) is 0 Å². The first-order valence-electron chi connectivity index (χ1n) is 19.7. The van der Waals surface area contributed by atoms with Gasteiger partial charge in [-0.15, -0.1) is 0 Å². The maximum atomic E-state index is 6.51. The fraction of sp³-hybridized carbons (Fsp3) is 0.591. The van der Waals surface area contributed by atoms with Crippen LogP contribution in [0.15, 0.2) is 36.4 Å². The van der Waals surface area contributed by atoms with Gasteiger partial charge in [0.05, 0.1) is 40.6 Å². The molecule has 4 aromatic rings. The lowest BCUT2D eigenvalue weighted by Gasteiger charge is -2.20. The van der Waals surface area contributed by atoms with Crippen LogP contribution in [0, 0.1) is 0 Å². The molecule has 50 heavy (non-hydrogen) atoms. The highest BCUT2D eigenvalue weighted by Gasteiger charge is 2.20. The number of ether oxygens (including phenoxy) is 6. The van der Waals surface area contributed by atoms with Gasteiger partial charge < -0.3 is 28.4 Å². The predicted molar refractivity (Wildman–Crippen MR) is 211 cm³/mol. The van der Waals surface area contributed by atoms with E-state index in [1.165, 1.54) is 51.4 Å². The van der Waals surface area contributed by atoms with Crippen LogP contribution < -0.4 is 28.4 Å². The molecule has 6 nitrogen and oxygen atoms in total. The van der Waals surface area contributed by atoms with Gasteiger partial charge >= 0.3 is 0 Å². The zero-order chi connectivity index (χ0) is 35.6. The summed E-state index contributed by atoms with van der Waals surface area (Å²) in [4.78, 5) is 0. The average molecular weight is 689 g/mol. The second-order valence-electron chi connectivity index (χ2n) is 13.6. The quantitative estimate of drug-likeness (QED) is 0.0483. The fourth-order valence-electron chi connectivity index (χ4n) is 6.63. The van der Waals surface area contributed by atoms with Crippen molar-refractivity contribution >= 4 is 32.3 Å². The molecule has 0 atom stereocenters. The third-order valence-electron chi connectivity index (χ3n) is 9.58. The summed E-state index contributed by atoms with van der Waals surface area (Å²) in [6.07, 6.45) is 18.3. The molecule has 0 aromatic heterocycles. The maximum Gasteiger partial charge on any atom is 0.161 e. The third kappa shape index (κ3) is 10.7. The van der Waals surface area contributed by atoms with E-state index in [0.717, 1.165) is 118 Å². The lowest BCUT2D eigenvalue weighted by Crippen LogP contribution is -2.04. The second-order valence-corrected chi connectivity index (χ2v) is 13.6.